The summed E-state index contributed by atoms with van der Waals surface area (Å²) in [6.07, 6.45) is 4.59. The fourth-order valence-electron chi connectivity index (χ4n) is 3.22. The molecule has 1 aliphatic rings. The molecule has 1 saturated carbocycles. The fourth-order valence-corrected chi connectivity index (χ4v) is 4.71. The topological polar surface area (TPSA) is 32.3 Å². The molecule has 0 aromatic heterocycles. The Labute approximate surface area is 127 Å². The Balaban J connectivity index is 2.02. The zero-order valence-corrected chi connectivity index (χ0v) is 13.7. The standard InChI is InChI=1S/C17H27NOS/c1-13(2)18-17(12-19)9-5-8-16(11-17)20-15-7-4-6-14(3)10-15/h4,6-7,10,13,16,18-19H,5,8-9,11-12H2,1-3H3. The van der Waals surface area contributed by atoms with Crippen molar-refractivity contribution in [1.29, 1.82) is 0 Å². The monoisotopic (exact) mass is 293 g/mol. The number of rotatable bonds is 5. The van der Waals surface area contributed by atoms with Gasteiger partial charge in [0.2, 0.25) is 0 Å². The van der Waals surface area contributed by atoms with Crippen LogP contribution in [0.15, 0.2) is 29.2 Å². The summed E-state index contributed by atoms with van der Waals surface area (Å²) in [4.78, 5) is 1.35. The summed E-state index contributed by atoms with van der Waals surface area (Å²) in [5, 5.41) is 14.1. The summed E-state index contributed by atoms with van der Waals surface area (Å²) < 4.78 is 0. The Morgan fingerprint density at radius 1 is 1.45 bits per heavy atom. The molecule has 0 amide bonds. The van der Waals surface area contributed by atoms with E-state index in [0.717, 1.165) is 12.8 Å². The molecule has 1 aliphatic carbocycles. The lowest BCUT2D eigenvalue weighted by molar-refractivity contribution is 0.115. The predicted octanol–water partition coefficient (Wildman–Crippen LogP) is 3.76. The van der Waals surface area contributed by atoms with Gasteiger partial charge in [0.25, 0.3) is 0 Å². The van der Waals surface area contributed by atoms with Crippen LogP contribution < -0.4 is 5.32 Å². The second-order valence-electron chi connectivity index (χ2n) is 6.39. The summed E-state index contributed by atoms with van der Waals surface area (Å²) in [6.45, 7) is 6.71. The van der Waals surface area contributed by atoms with Crippen molar-refractivity contribution in [3.05, 3.63) is 29.8 Å². The van der Waals surface area contributed by atoms with Crippen molar-refractivity contribution in [3.63, 3.8) is 0 Å². The third-order valence-corrected chi connectivity index (χ3v) is 5.25. The lowest BCUT2D eigenvalue weighted by Crippen LogP contribution is -2.54. The van der Waals surface area contributed by atoms with Gasteiger partial charge in [-0.3, -0.25) is 0 Å². The van der Waals surface area contributed by atoms with E-state index in [-0.39, 0.29) is 12.1 Å². The molecule has 0 heterocycles. The Kier molecular flexibility index (Phi) is 5.53. The van der Waals surface area contributed by atoms with Crippen molar-refractivity contribution in [2.75, 3.05) is 6.61 Å². The van der Waals surface area contributed by atoms with Crippen LogP contribution in [-0.4, -0.2) is 28.5 Å². The van der Waals surface area contributed by atoms with E-state index < -0.39 is 0 Å². The number of aryl methyl sites for hydroxylation is 1. The molecule has 0 radical (unpaired) electrons. The first-order valence-corrected chi connectivity index (χ1v) is 8.53. The molecular weight excluding hydrogens is 266 g/mol. The largest absolute Gasteiger partial charge is 0.394 e. The first kappa shape index (κ1) is 15.9. The van der Waals surface area contributed by atoms with Gasteiger partial charge < -0.3 is 10.4 Å². The van der Waals surface area contributed by atoms with E-state index in [4.69, 9.17) is 0 Å². The van der Waals surface area contributed by atoms with Crippen LogP contribution in [-0.2, 0) is 0 Å². The normalized spacial score (nSPS) is 26.9. The van der Waals surface area contributed by atoms with E-state index in [1.807, 2.05) is 11.8 Å². The van der Waals surface area contributed by atoms with E-state index >= 15 is 0 Å². The molecule has 112 valence electrons. The first-order valence-electron chi connectivity index (χ1n) is 7.65. The SMILES string of the molecule is Cc1cccc(SC2CCCC(CO)(NC(C)C)C2)c1. The molecule has 0 spiro atoms. The zero-order valence-electron chi connectivity index (χ0n) is 12.9. The van der Waals surface area contributed by atoms with Crippen molar-refractivity contribution in [2.24, 2.45) is 0 Å². The molecule has 2 rings (SSSR count). The maximum Gasteiger partial charge on any atom is 0.0613 e. The van der Waals surface area contributed by atoms with Crippen LogP contribution >= 0.6 is 11.8 Å². The van der Waals surface area contributed by atoms with Gasteiger partial charge in [-0.25, -0.2) is 0 Å². The van der Waals surface area contributed by atoms with Gasteiger partial charge in [-0.2, -0.15) is 0 Å². The summed E-state index contributed by atoms with van der Waals surface area (Å²) in [5.74, 6) is 0. The van der Waals surface area contributed by atoms with Gasteiger partial charge in [0.05, 0.1) is 6.61 Å². The highest BCUT2D eigenvalue weighted by molar-refractivity contribution is 8.00. The molecule has 20 heavy (non-hydrogen) atoms. The molecular formula is C17H27NOS. The number of thioether (sulfide) groups is 1. The minimum absolute atomic E-state index is 0.0755. The van der Waals surface area contributed by atoms with Gasteiger partial charge in [-0.1, -0.05) is 38.0 Å². The van der Waals surface area contributed by atoms with Gasteiger partial charge in [0.1, 0.15) is 0 Å². The summed E-state index contributed by atoms with van der Waals surface area (Å²) >= 11 is 1.97. The van der Waals surface area contributed by atoms with Crippen molar-refractivity contribution in [1.82, 2.24) is 5.32 Å². The second-order valence-corrected chi connectivity index (χ2v) is 7.76. The minimum Gasteiger partial charge on any atom is -0.394 e. The number of benzene rings is 1. The average molecular weight is 293 g/mol. The van der Waals surface area contributed by atoms with Crippen LogP contribution in [0.25, 0.3) is 0 Å². The maximum absolute atomic E-state index is 9.85. The molecule has 1 fully saturated rings. The van der Waals surface area contributed by atoms with Gasteiger partial charge in [0, 0.05) is 21.7 Å². The fraction of sp³-hybridized carbons (Fsp3) is 0.647. The summed E-state index contributed by atoms with van der Waals surface area (Å²) in [5.41, 5.74) is 1.24. The van der Waals surface area contributed by atoms with E-state index in [1.54, 1.807) is 0 Å². The highest BCUT2D eigenvalue weighted by atomic mass is 32.2. The molecule has 2 N–H and O–H groups in total. The quantitative estimate of drug-likeness (QED) is 0.867. The van der Waals surface area contributed by atoms with Gasteiger partial charge in [-0.15, -0.1) is 11.8 Å². The maximum atomic E-state index is 9.85. The highest BCUT2D eigenvalue weighted by Gasteiger charge is 2.36. The van der Waals surface area contributed by atoms with Crippen molar-refractivity contribution >= 4 is 11.8 Å². The molecule has 1 aromatic carbocycles. The molecule has 2 atom stereocenters. The molecule has 2 unspecified atom stereocenters. The predicted molar refractivity (Wildman–Crippen MR) is 87.4 cm³/mol. The Morgan fingerprint density at radius 2 is 2.25 bits per heavy atom. The third-order valence-electron chi connectivity index (χ3n) is 3.99. The van der Waals surface area contributed by atoms with Crippen LogP contribution in [0.4, 0.5) is 0 Å². The lowest BCUT2D eigenvalue weighted by atomic mass is 9.81. The van der Waals surface area contributed by atoms with Crippen LogP contribution in [0, 0.1) is 6.92 Å². The summed E-state index contributed by atoms with van der Waals surface area (Å²) in [6, 6.07) is 9.15. The Morgan fingerprint density at radius 3 is 2.90 bits per heavy atom. The molecule has 0 aliphatic heterocycles. The van der Waals surface area contributed by atoms with Crippen molar-refractivity contribution in [2.45, 2.75) is 68.2 Å². The van der Waals surface area contributed by atoms with Crippen LogP contribution in [0.5, 0.6) is 0 Å². The zero-order chi connectivity index (χ0) is 14.6. The summed E-state index contributed by atoms with van der Waals surface area (Å²) in [7, 11) is 0. The van der Waals surface area contributed by atoms with Crippen LogP contribution in [0.1, 0.15) is 45.1 Å². The number of nitrogens with one attached hydrogen (secondary N) is 1. The van der Waals surface area contributed by atoms with Crippen LogP contribution in [0.2, 0.25) is 0 Å². The average Bonchev–Trinajstić information content (AvgIpc) is 2.38. The van der Waals surface area contributed by atoms with Gasteiger partial charge in [-0.05, 0) is 38.3 Å². The van der Waals surface area contributed by atoms with Crippen LogP contribution in [0.3, 0.4) is 0 Å². The number of aliphatic hydroxyl groups excluding tert-OH is 1. The Bertz CT molecular complexity index is 435. The number of hydrogen-bond acceptors (Lipinski definition) is 3. The number of hydrogen-bond donors (Lipinski definition) is 2. The molecule has 1 aromatic rings. The van der Waals surface area contributed by atoms with Crippen molar-refractivity contribution < 1.29 is 5.11 Å². The number of aliphatic hydroxyl groups is 1. The highest BCUT2D eigenvalue weighted by Crippen LogP contribution is 2.38. The smallest absolute Gasteiger partial charge is 0.0613 e. The van der Waals surface area contributed by atoms with Crippen molar-refractivity contribution in [3.8, 4) is 0 Å². The molecule has 0 bridgehead atoms. The first-order chi connectivity index (χ1) is 9.53. The molecule has 3 heteroatoms. The van der Waals surface area contributed by atoms with E-state index in [1.165, 1.54) is 23.3 Å². The second kappa shape index (κ2) is 6.97. The minimum atomic E-state index is -0.0755. The van der Waals surface area contributed by atoms with Gasteiger partial charge in [0.15, 0.2) is 0 Å². The van der Waals surface area contributed by atoms with E-state index in [0.29, 0.717) is 11.3 Å². The Hall–Kier alpha value is -0.510. The molecule has 2 nitrogen and oxygen atoms in total. The van der Waals surface area contributed by atoms with Gasteiger partial charge >= 0.3 is 0 Å². The lowest BCUT2D eigenvalue weighted by Gasteiger charge is -2.41. The molecule has 0 saturated heterocycles. The van der Waals surface area contributed by atoms with E-state index in [2.05, 4.69) is 50.4 Å². The third kappa shape index (κ3) is 4.24. The van der Waals surface area contributed by atoms with E-state index in [9.17, 15) is 5.11 Å².